The zero-order valence-electron chi connectivity index (χ0n) is 13.9. The van der Waals surface area contributed by atoms with Crippen LogP contribution in [0.2, 0.25) is 0 Å². The number of hydrogen-bond donors (Lipinski definition) is 0. The minimum atomic E-state index is -0.354. The Kier molecular flexibility index (Phi) is 7.80. The van der Waals surface area contributed by atoms with Gasteiger partial charge in [0.05, 0.1) is 6.04 Å². The fourth-order valence-corrected chi connectivity index (χ4v) is 2.91. The Morgan fingerprint density at radius 1 is 1.18 bits per heavy atom. The molecular weight excluding hydrogens is 342 g/mol. The van der Waals surface area contributed by atoms with Gasteiger partial charge in [0, 0.05) is 17.4 Å². The number of Topliss-reactive ketones (excluding diaryl/α,β-unsaturated/α-hetero) is 1. The monoisotopic (exact) mass is 367 g/mol. The van der Waals surface area contributed by atoms with Gasteiger partial charge in [-0.3, -0.25) is 9.59 Å². The molecular formula is C18H26BrNO2. The summed E-state index contributed by atoms with van der Waals surface area (Å²) in [5, 5.41) is 0. The van der Waals surface area contributed by atoms with Crippen molar-refractivity contribution in [2.24, 2.45) is 5.92 Å². The van der Waals surface area contributed by atoms with Crippen LogP contribution in [0, 0.1) is 5.92 Å². The van der Waals surface area contributed by atoms with Gasteiger partial charge in [0.1, 0.15) is 0 Å². The summed E-state index contributed by atoms with van der Waals surface area (Å²) in [4.78, 5) is 26.4. The summed E-state index contributed by atoms with van der Waals surface area (Å²) in [5.41, 5.74) is 1.04. The van der Waals surface area contributed by atoms with E-state index in [-0.39, 0.29) is 23.7 Å². The molecule has 0 spiro atoms. The lowest BCUT2D eigenvalue weighted by Crippen LogP contribution is -2.46. The van der Waals surface area contributed by atoms with Crippen LogP contribution in [0.15, 0.2) is 28.7 Å². The van der Waals surface area contributed by atoms with Crippen LogP contribution in [-0.2, 0) is 16.1 Å². The largest absolute Gasteiger partial charge is 0.328 e. The highest BCUT2D eigenvalue weighted by atomic mass is 79.9. The molecule has 0 aliphatic rings. The summed E-state index contributed by atoms with van der Waals surface area (Å²) in [6.07, 6.45) is 2.34. The molecule has 1 amide bonds. The van der Waals surface area contributed by atoms with Crippen LogP contribution >= 0.6 is 15.9 Å². The van der Waals surface area contributed by atoms with Crippen molar-refractivity contribution in [3.63, 3.8) is 0 Å². The first-order valence-electron chi connectivity index (χ1n) is 7.91. The number of halogens is 1. The number of carbonyl (C=O) groups excluding carboxylic acids is 2. The highest BCUT2D eigenvalue weighted by molar-refractivity contribution is 9.10. The molecule has 0 saturated carbocycles. The van der Waals surface area contributed by atoms with Gasteiger partial charge < -0.3 is 4.90 Å². The maximum Gasteiger partial charge on any atom is 0.223 e. The second-order valence-corrected chi connectivity index (χ2v) is 6.97. The van der Waals surface area contributed by atoms with E-state index in [4.69, 9.17) is 0 Å². The maximum atomic E-state index is 12.6. The van der Waals surface area contributed by atoms with Crippen molar-refractivity contribution in [3.8, 4) is 0 Å². The third-order valence-electron chi connectivity index (χ3n) is 3.71. The molecule has 1 atom stereocenters. The average Bonchev–Trinajstić information content (AvgIpc) is 2.45. The van der Waals surface area contributed by atoms with Gasteiger partial charge in [-0.1, -0.05) is 55.3 Å². The van der Waals surface area contributed by atoms with E-state index in [0.717, 1.165) is 22.9 Å². The SMILES string of the molecule is CCCCC(=O)N(Cc1ccc(Br)cc1)[C@H](C(C)=O)C(C)C. The standard InChI is InChI=1S/C18H26BrNO2/c1-5-6-7-17(22)20(18(13(2)3)14(4)21)12-15-8-10-16(19)11-9-15/h8-11,13,18H,5-7,12H2,1-4H3/t18-/m0/s1. The summed E-state index contributed by atoms with van der Waals surface area (Å²) in [6.45, 7) is 8.11. The second kappa shape index (κ2) is 9.09. The topological polar surface area (TPSA) is 37.4 Å². The van der Waals surface area contributed by atoms with Crippen molar-refractivity contribution in [2.45, 2.75) is 59.5 Å². The van der Waals surface area contributed by atoms with E-state index in [9.17, 15) is 9.59 Å². The van der Waals surface area contributed by atoms with Crippen LogP contribution in [0.3, 0.4) is 0 Å². The van der Waals surface area contributed by atoms with Gasteiger partial charge in [-0.15, -0.1) is 0 Å². The van der Waals surface area contributed by atoms with E-state index in [1.807, 2.05) is 38.1 Å². The number of carbonyl (C=O) groups is 2. The minimum absolute atomic E-state index is 0.0527. The van der Waals surface area contributed by atoms with Gasteiger partial charge >= 0.3 is 0 Å². The minimum Gasteiger partial charge on any atom is -0.328 e. The predicted molar refractivity (Wildman–Crippen MR) is 93.5 cm³/mol. The Labute approximate surface area is 142 Å². The first-order chi connectivity index (χ1) is 10.4. The molecule has 3 nitrogen and oxygen atoms in total. The molecule has 0 bridgehead atoms. The van der Waals surface area contributed by atoms with Crippen LogP contribution in [0.25, 0.3) is 0 Å². The molecule has 0 aliphatic heterocycles. The fraction of sp³-hybridized carbons (Fsp3) is 0.556. The normalized spacial score (nSPS) is 12.3. The summed E-state index contributed by atoms with van der Waals surface area (Å²) in [5.74, 6) is 0.231. The number of unbranched alkanes of at least 4 members (excludes halogenated alkanes) is 1. The van der Waals surface area contributed by atoms with Gasteiger partial charge in [-0.05, 0) is 37.0 Å². The van der Waals surface area contributed by atoms with Gasteiger partial charge in [-0.25, -0.2) is 0 Å². The lowest BCUT2D eigenvalue weighted by atomic mass is 9.97. The number of ketones is 1. The van der Waals surface area contributed by atoms with E-state index >= 15 is 0 Å². The quantitative estimate of drug-likeness (QED) is 0.674. The third kappa shape index (κ3) is 5.56. The van der Waals surface area contributed by atoms with Gasteiger partial charge in [-0.2, -0.15) is 0 Å². The lowest BCUT2D eigenvalue weighted by molar-refractivity contribution is -0.141. The Bertz CT molecular complexity index is 496. The number of benzene rings is 1. The van der Waals surface area contributed by atoms with Crippen LogP contribution in [0.1, 0.15) is 52.5 Å². The molecule has 122 valence electrons. The summed E-state index contributed by atoms with van der Waals surface area (Å²) in [7, 11) is 0. The summed E-state index contributed by atoms with van der Waals surface area (Å²) >= 11 is 3.42. The Balaban J connectivity index is 3.01. The van der Waals surface area contributed by atoms with Crippen LogP contribution in [0.5, 0.6) is 0 Å². The van der Waals surface area contributed by atoms with Crippen LogP contribution in [-0.4, -0.2) is 22.6 Å². The van der Waals surface area contributed by atoms with Gasteiger partial charge in [0.25, 0.3) is 0 Å². The molecule has 0 fully saturated rings. The van der Waals surface area contributed by atoms with E-state index in [1.165, 1.54) is 0 Å². The van der Waals surface area contributed by atoms with Crippen molar-refractivity contribution >= 4 is 27.6 Å². The van der Waals surface area contributed by atoms with Crippen LogP contribution in [0.4, 0.5) is 0 Å². The predicted octanol–water partition coefficient (Wildman–Crippen LogP) is 4.58. The molecule has 0 aliphatic carbocycles. The van der Waals surface area contributed by atoms with Gasteiger partial charge in [0.2, 0.25) is 5.91 Å². The smallest absolute Gasteiger partial charge is 0.223 e. The van der Waals surface area contributed by atoms with Crippen molar-refractivity contribution in [1.29, 1.82) is 0 Å². The molecule has 1 rings (SSSR count). The lowest BCUT2D eigenvalue weighted by Gasteiger charge is -2.33. The third-order valence-corrected chi connectivity index (χ3v) is 4.24. The number of rotatable bonds is 8. The highest BCUT2D eigenvalue weighted by Crippen LogP contribution is 2.19. The Morgan fingerprint density at radius 2 is 1.77 bits per heavy atom. The average molecular weight is 368 g/mol. The highest BCUT2D eigenvalue weighted by Gasteiger charge is 2.29. The van der Waals surface area contributed by atoms with Crippen molar-refractivity contribution < 1.29 is 9.59 Å². The number of nitrogens with zero attached hydrogens (tertiary/aromatic N) is 1. The molecule has 1 aromatic carbocycles. The molecule has 0 aromatic heterocycles. The first kappa shape index (κ1) is 18.9. The molecule has 22 heavy (non-hydrogen) atoms. The van der Waals surface area contributed by atoms with E-state index < -0.39 is 0 Å². The Hall–Kier alpha value is -1.16. The zero-order valence-corrected chi connectivity index (χ0v) is 15.5. The number of amides is 1. The van der Waals surface area contributed by atoms with E-state index in [0.29, 0.717) is 13.0 Å². The van der Waals surface area contributed by atoms with Crippen molar-refractivity contribution in [3.05, 3.63) is 34.3 Å². The molecule has 0 radical (unpaired) electrons. The molecule has 1 aromatic rings. The van der Waals surface area contributed by atoms with Gasteiger partial charge in [0.15, 0.2) is 5.78 Å². The molecule has 0 saturated heterocycles. The molecule has 0 heterocycles. The first-order valence-corrected chi connectivity index (χ1v) is 8.70. The van der Waals surface area contributed by atoms with E-state index in [1.54, 1.807) is 11.8 Å². The van der Waals surface area contributed by atoms with Crippen molar-refractivity contribution in [2.75, 3.05) is 0 Å². The summed E-state index contributed by atoms with van der Waals surface area (Å²) in [6, 6.07) is 7.54. The number of hydrogen-bond acceptors (Lipinski definition) is 2. The molecule has 4 heteroatoms. The van der Waals surface area contributed by atoms with E-state index in [2.05, 4.69) is 22.9 Å². The molecule has 0 N–H and O–H groups in total. The molecule has 0 unspecified atom stereocenters. The summed E-state index contributed by atoms with van der Waals surface area (Å²) < 4.78 is 1.01. The fourth-order valence-electron chi connectivity index (χ4n) is 2.65. The zero-order chi connectivity index (χ0) is 16.7. The second-order valence-electron chi connectivity index (χ2n) is 6.05. The van der Waals surface area contributed by atoms with Crippen molar-refractivity contribution in [1.82, 2.24) is 4.90 Å². The Morgan fingerprint density at radius 3 is 2.23 bits per heavy atom. The van der Waals surface area contributed by atoms with Crippen LogP contribution < -0.4 is 0 Å². The maximum absolute atomic E-state index is 12.6.